The summed E-state index contributed by atoms with van der Waals surface area (Å²) in [5.41, 5.74) is 1.79. The van der Waals surface area contributed by atoms with Crippen LogP contribution in [-0.4, -0.2) is 28.2 Å². The van der Waals surface area contributed by atoms with Crippen molar-refractivity contribution in [3.8, 4) is 0 Å². The third kappa shape index (κ3) is 4.20. The second-order valence-electron chi connectivity index (χ2n) is 5.76. The van der Waals surface area contributed by atoms with E-state index in [2.05, 4.69) is 15.5 Å². The van der Waals surface area contributed by atoms with E-state index in [-0.39, 0.29) is 5.69 Å². The van der Waals surface area contributed by atoms with E-state index in [0.29, 0.717) is 11.3 Å². The van der Waals surface area contributed by atoms with Crippen molar-refractivity contribution in [3.63, 3.8) is 0 Å². The number of aromatic nitrogens is 2. The molecule has 8 heteroatoms. The number of nitrogens with one attached hydrogen (secondary N) is 2. The number of H-pyrrole nitrogens is 1. The number of carbonyl (C=O) groups excluding carboxylic acids is 2. The predicted molar refractivity (Wildman–Crippen MR) is 87.0 cm³/mol. The van der Waals surface area contributed by atoms with Crippen molar-refractivity contribution in [2.45, 2.75) is 39.7 Å². The largest absolute Gasteiger partial charge is 0.452 e. The molecule has 0 bridgehead atoms. The molecule has 0 saturated carbocycles. The number of carbonyl (C=O) groups is 2. The van der Waals surface area contributed by atoms with Crippen LogP contribution in [0.4, 0.5) is 14.5 Å². The summed E-state index contributed by atoms with van der Waals surface area (Å²) in [7, 11) is 0. The number of ether oxygens (including phenoxy) is 1. The van der Waals surface area contributed by atoms with Crippen molar-refractivity contribution in [1.82, 2.24) is 10.2 Å². The molecule has 1 amide bonds. The van der Waals surface area contributed by atoms with Gasteiger partial charge >= 0.3 is 5.97 Å². The molecule has 0 aliphatic heterocycles. The summed E-state index contributed by atoms with van der Waals surface area (Å²) in [6.45, 7) is 6.53. The Balaban J connectivity index is 2.03. The van der Waals surface area contributed by atoms with Crippen molar-refractivity contribution < 1.29 is 23.1 Å². The summed E-state index contributed by atoms with van der Waals surface area (Å²) in [4.78, 5) is 24.3. The number of halogens is 2. The lowest BCUT2D eigenvalue weighted by Crippen LogP contribution is -2.31. The highest BCUT2D eigenvalue weighted by atomic mass is 19.1. The van der Waals surface area contributed by atoms with E-state index in [4.69, 9.17) is 4.74 Å². The van der Waals surface area contributed by atoms with Gasteiger partial charge in [-0.3, -0.25) is 14.7 Å². The van der Waals surface area contributed by atoms with Crippen molar-refractivity contribution in [2.75, 3.05) is 5.32 Å². The Morgan fingerprint density at radius 2 is 1.92 bits per heavy atom. The summed E-state index contributed by atoms with van der Waals surface area (Å²) in [6, 6.07) is 2.68. The number of nitrogens with zero attached hydrogens (tertiary/aromatic N) is 1. The van der Waals surface area contributed by atoms with Crippen molar-refractivity contribution >= 4 is 17.6 Å². The number of aromatic amines is 1. The van der Waals surface area contributed by atoms with E-state index in [1.165, 1.54) is 6.92 Å². The normalized spacial score (nSPS) is 13.2. The van der Waals surface area contributed by atoms with Gasteiger partial charge in [-0.15, -0.1) is 0 Å². The monoisotopic (exact) mass is 351 g/mol. The Hall–Kier alpha value is -2.77. The van der Waals surface area contributed by atoms with E-state index in [0.717, 1.165) is 23.9 Å². The fourth-order valence-corrected chi connectivity index (χ4v) is 2.47. The lowest BCUT2D eigenvalue weighted by Gasteiger charge is -2.17. The van der Waals surface area contributed by atoms with Crippen LogP contribution in [0.15, 0.2) is 18.2 Å². The third-order valence-corrected chi connectivity index (χ3v) is 3.82. The fourth-order valence-electron chi connectivity index (χ4n) is 2.47. The molecule has 0 aliphatic carbocycles. The average Bonchev–Trinajstić information content (AvgIpc) is 2.88. The Labute approximate surface area is 143 Å². The van der Waals surface area contributed by atoms with Gasteiger partial charge in [-0.05, 0) is 39.8 Å². The SMILES string of the molecule is Cc1n[nH]c(C)c1[C@@H](C)C(=O)O[C@H](C)C(=O)Nc1cc(F)ccc1F. The highest BCUT2D eigenvalue weighted by Crippen LogP contribution is 2.23. The van der Waals surface area contributed by atoms with Gasteiger partial charge in [0.15, 0.2) is 6.10 Å². The Morgan fingerprint density at radius 1 is 1.24 bits per heavy atom. The smallest absolute Gasteiger partial charge is 0.314 e. The minimum atomic E-state index is -1.18. The number of esters is 1. The van der Waals surface area contributed by atoms with Crippen LogP contribution < -0.4 is 5.32 Å². The predicted octanol–water partition coefficient (Wildman–Crippen LogP) is 2.98. The van der Waals surface area contributed by atoms with Crippen LogP contribution in [0.2, 0.25) is 0 Å². The molecule has 134 valence electrons. The first-order valence-electron chi connectivity index (χ1n) is 7.68. The molecule has 2 aromatic rings. The van der Waals surface area contributed by atoms with E-state index in [1.807, 2.05) is 0 Å². The van der Waals surface area contributed by atoms with Crippen LogP contribution >= 0.6 is 0 Å². The molecule has 0 radical (unpaired) electrons. The molecule has 0 fully saturated rings. The molecule has 0 aliphatic rings. The Bertz CT molecular complexity index is 785. The summed E-state index contributed by atoms with van der Waals surface area (Å²) in [5, 5.41) is 9.00. The van der Waals surface area contributed by atoms with Gasteiger partial charge in [0.25, 0.3) is 5.91 Å². The molecule has 2 N–H and O–H groups in total. The summed E-state index contributed by atoms with van der Waals surface area (Å²) >= 11 is 0. The summed E-state index contributed by atoms with van der Waals surface area (Å²) < 4.78 is 31.8. The van der Waals surface area contributed by atoms with Gasteiger partial charge < -0.3 is 10.1 Å². The minimum absolute atomic E-state index is 0.317. The van der Waals surface area contributed by atoms with Gasteiger partial charge in [-0.2, -0.15) is 5.10 Å². The van der Waals surface area contributed by atoms with Gasteiger partial charge in [0.2, 0.25) is 0 Å². The van der Waals surface area contributed by atoms with Crippen LogP contribution in [0.5, 0.6) is 0 Å². The minimum Gasteiger partial charge on any atom is -0.452 e. The molecule has 2 atom stereocenters. The highest BCUT2D eigenvalue weighted by molar-refractivity contribution is 5.95. The molecule has 0 saturated heterocycles. The molecule has 25 heavy (non-hydrogen) atoms. The number of benzene rings is 1. The van der Waals surface area contributed by atoms with Crippen molar-refractivity contribution in [3.05, 3.63) is 46.8 Å². The van der Waals surface area contributed by atoms with Gasteiger partial charge in [-0.25, -0.2) is 8.78 Å². The number of hydrogen-bond donors (Lipinski definition) is 2. The lowest BCUT2D eigenvalue weighted by molar-refractivity contribution is -0.154. The van der Waals surface area contributed by atoms with E-state index >= 15 is 0 Å². The fraction of sp³-hybridized carbons (Fsp3) is 0.353. The van der Waals surface area contributed by atoms with Gasteiger partial charge in [0.1, 0.15) is 11.6 Å². The molecular weight excluding hydrogens is 332 g/mol. The molecule has 6 nitrogen and oxygen atoms in total. The number of hydrogen-bond acceptors (Lipinski definition) is 4. The van der Waals surface area contributed by atoms with Crippen LogP contribution in [0, 0.1) is 25.5 Å². The standard InChI is InChI=1S/C17H19F2N3O3/c1-8(15-9(2)21-22-10(15)3)17(24)25-11(4)16(23)20-14-7-12(18)5-6-13(14)19/h5-8,11H,1-4H3,(H,20,23)(H,21,22)/t8-,11-/m1/s1. The maximum Gasteiger partial charge on any atom is 0.314 e. The zero-order chi connectivity index (χ0) is 18.7. The maximum atomic E-state index is 13.6. The molecule has 2 rings (SSSR count). The Kier molecular flexibility index (Phi) is 5.51. The second-order valence-corrected chi connectivity index (χ2v) is 5.76. The van der Waals surface area contributed by atoms with Crippen molar-refractivity contribution in [2.24, 2.45) is 0 Å². The van der Waals surface area contributed by atoms with Gasteiger partial charge in [0.05, 0.1) is 17.3 Å². The molecule has 1 heterocycles. The number of anilines is 1. The number of rotatable bonds is 5. The van der Waals surface area contributed by atoms with Crippen LogP contribution in [0.25, 0.3) is 0 Å². The number of amides is 1. The van der Waals surface area contributed by atoms with Crippen LogP contribution in [-0.2, 0) is 14.3 Å². The zero-order valence-corrected chi connectivity index (χ0v) is 14.3. The molecule has 0 spiro atoms. The first-order chi connectivity index (χ1) is 11.7. The second kappa shape index (κ2) is 7.42. The van der Waals surface area contributed by atoms with Crippen LogP contribution in [0.1, 0.15) is 36.7 Å². The zero-order valence-electron chi connectivity index (χ0n) is 14.3. The molecular formula is C17H19F2N3O3. The Morgan fingerprint density at radius 3 is 2.52 bits per heavy atom. The quantitative estimate of drug-likeness (QED) is 0.811. The first-order valence-corrected chi connectivity index (χ1v) is 7.68. The molecule has 0 unspecified atom stereocenters. The van der Waals surface area contributed by atoms with E-state index in [1.54, 1.807) is 20.8 Å². The first kappa shape index (κ1) is 18.6. The average molecular weight is 351 g/mol. The summed E-state index contributed by atoms with van der Waals surface area (Å²) in [5.74, 6) is -3.48. The summed E-state index contributed by atoms with van der Waals surface area (Å²) in [6.07, 6.45) is -1.18. The number of aryl methyl sites for hydroxylation is 2. The van der Waals surface area contributed by atoms with E-state index in [9.17, 15) is 18.4 Å². The van der Waals surface area contributed by atoms with Crippen LogP contribution in [0.3, 0.4) is 0 Å². The van der Waals surface area contributed by atoms with Gasteiger partial charge in [-0.1, -0.05) is 0 Å². The molecule has 1 aromatic carbocycles. The maximum absolute atomic E-state index is 13.6. The van der Waals surface area contributed by atoms with E-state index < -0.39 is 35.5 Å². The molecule has 1 aromatic heterocycles. The topological polar surface area (TPSA) is 84.1 Å². The van der Waals surface area contributed by atoms with Crippen molar-refractivity contribution in [1.29, 1.82) is 0 Å². The van der Waals surface area contributed by atoms with Gasteiger partial charge in [0, 0.05) is 17.3 Å². The lowest BCUT2D eigenvalue weighted by atomic mass is 9.99. The highest BCUT2D eigenvalue weighted by Gasteiger charge is 2.26. The third-order valence-electron chi connectivity index (χ3n) is 3.82.